The molecule has 40 heavy (non-hydrogen) atoms. The van der Waals surface area contributed by atoms with Gasteiger partial charge < -0.3 is 21.4 Å². The van der Waals surface area contributed by atoms with Crippen molar-refractivity contribution in [2.24, 2.45) is 5.73 Å². The van der Waals surface area contributed by atoms with Crippen LogP contribution in [0, 0.1) is 6.92 Å². The first-order valence-corrected chi connectivity index (χ1v) is 13.5. The van der Waals surface area contributed by atoms with Gasteiger partial charge in [0.1, 0.15) is 0 Å². The van der Waals surface area contributed by atoms with Gasteiger partial charge in [0, 0.05) is 30.4 Å². The van der Waals surface area contributed by atoms with E-state index in [0.29, 0.717) is 29.7 Å². The second kappa shape index (κ2) is 11.0. The van der Waals surface area contributed by atoms with E-state index in [-0.39, 0.29) is 58.8 Å². The van der Waals surface area contributed by atoms with Crippen LogP contribution in [-0.4, -0.2) is 49.0 Å². The number of amides is 2. The van der Waals surface area contributed by atoms with E-state index < -0.39 is 17.8 Å². The summed E-state index contributed by atoms with van der Waals surface area (Å²) in [6.07, 6.45) is -2.06. The Morgan fingerprint density at radius 2 is 2.02 bits per heavy atom. The number of benzene rings is 1. The normalized spacial score (nSPS) is 16.9. The van der Waals surface area contributed by atoms with Crippen LogP contribution in [0.5, 0.6) is 0 Å². The van der Waals surface area contributed by atoms with Crippen LogP contribution in [0.2, 0.25) is 5.02 Å². The van der Waals surface area contributed by atoms with E-state index >= 15 is 0 Å². The Bertz CT molecular complexity index is 1560. The molecule has 0 bridgehead atoms. The molecule has 6 N–H and O–H groups in total. The first-order chi connectivity index (χ1) is 19.0. The highest BCUT2D eigenvalue weighted by Crippen LogP contribution is 2.37. The minimum absolute atomic E-state index is 0.0148. The highest BCUT2D eigenvalue weighted by atomic mass is 35.5. The third-order valence-corrected chi connectivity index (χ3v) is 7.57. The Kier molecular flexibility index (Phi) is 7.66. The van der Waals surface area contributed by atoms with Crippen molar-refractivity contribution >= 4 is 34.8 Å². The van der Waals surface area contributed by atoms with E-state index in [1.807, 2.05) is 0 Å². The number of thiazole rings is 1. The monoisotopic (exact) mass is 592 g/mol. The third kappa shape index (κ3) is 6.03. The Balaban J connectivity index is 1.27. The molecule has 5 rings (SSSR count). The third-order valence-electron chi connectivity index (χ3n) is 6.44. The number of hydrogen-bond acceptors (Lipinski definition) is 7. The molecule has 0 spiro atoms. The van der Waals surface area contributed by atoms with Crippen LogP contribution in [0.3, 0.4) is 0 Å². The molecule has 210 valence electrons. The van der Waals surface area contributed by atoms with Crippen molar-refractivity contribution in [2.45, 2.75) is 51.0 Å². The average molecular weight is 593 g/mol. The number of halogens is 4. The Labute approximate surface area is 234 Å². The molecule has 0 saturated heterocycles. The SMILES string of the molecule is Cc1nc(Cc2[nH]nc(C(F)(F)F)c2-c2cnc(C(=O)NCc3ccc(C(=O)NC4CC(N)C4)c(Cl)c3)[nH]2)cs1. The van der Waals surface area contributed by atoms with Gasteiger partial charge in [-0.25, -0.2) is 9.97 Å². The number of rotatable bonds is 8. The van der Waals surface area contributed by atoms with Crippen molar-refractivity contribution in [3.8, 4) is 11.3 Å². The fourth-order valence-electron chi connectivity index (χ4n) is 4.40. The standard InChI is InChI=1S/C25H24ClF3N8O2S/c1-11-33-15(10-40-11)7-18-20(21(37-36-18)25(27,28)29)19-9-31-22(35-19)24(39)32-8-12-2-3-16(17(26)4-12)23(38)34-14-5-13(30)6-14/h2-4,9-10,13-14H,5-8,30H2,1H3,(H,31,35)(H,32,39)(H,34,38)(H,36,37). The highest BCUT2D eigenvalue weighted by molar-refractivity contribution is 7.09. The summed E-state index contributed by atoms with van der Waals surface area (Å²) in [5.74, 6) is -1.12. The summed E-state index contributed by atoms with van der Waals surface area (Å²) in [6, 6.07) is 4.89. The molecular formula is C25H24ClF3N8O2S. The maximum absolute atomic E-state index is 13.7. The number of nitrogens with one attached hydrogen (secondary N) is 4. The Hall–Kier alpha value is -3.75. The van der Waals surface area contributed by atoms with Gasteiger partial charge in [-0.3, -0.25) is 14.7 Å². The van der Waals surface area contributed by atoms with Gasteiger partial charge >= 0.3 is 6.18 Å². The number of nitrogens with zero attached hydrogens (tertiary/aromatic N) is 3. The zero-order valence-electron chi connectivity index (χ0n) is 21.0. The average Bonchev–Trinajstić information content (AvgIpc) is 3.61. The Morgan fingerprint density at radius 3 is 2.67 bits per heavy atom. The van der Waals surface area contributed by atoms with Gasteiger partial charge in [-0.1, -0.05) is 17.7 Å². The summed E-state index contributed by atoms with van der Waals surface area (Å²) in [4.78, 5) is 36.2. The fraction of sp³-hybridized carbons (Fsp3) is 0.320. The number of imidazole rings is 1. The maximum atomic E-state index is 13.7. The minimum atomic E-state index is -4.73. The van der Waals surface area contributed by atoms with Crippen LogP contribution in [-0.2, 0) is 19.1 Å². The predicted octanol–water partition coefficient (Wildman–Crippen LogP) is 3.98. The molecule has 0 unspecified atom stereocenters. The zero-order chi connectivity index (χ0) is 28.6. The number of aromatic nitrogens is 5. The predicted molar refractivity (Wildman–Crippen MR) is 142 cm³/mol. The maximum Gasteiger partial charge on any atom is 0.435 e. The molecule has 0 atom stereocenters. The summed E-state index contributed by atoms with van der Waals surface area (Å²) >= 11 is 7.68. The minimum Gasteiger partial charge on any atom is -0.349 e. The van der Waals surface area contributed by atoms with E-state index in [2.05, 4.69) is 35.8 Å². The molecule has 1 aliphatic carbocycles. The van der Waals surface area contributed by atoms with Crippen molar-refractivity contribution in [1.82, 2.24) is 35.8 Å². The van der Waals surface area contributed by atoms with Crippen molar-refractivity contribution in [1.29, 1.82) is 0 Å². The number of aromatic amines is 2. The molecule has 1 fully saturated rings. The van der Waals surface area contributed by atoms with E-state index in [0.717, 1.165) is 11.2 Å². The molecule has 1 saturated carbocycles. The number of nitrogens with two attached hydrogens (primary N) is 1. The van der Waals surface area contributed by atoms with Crippen molar-refractivity contribution in [2.75, 3.05) is 0 Å². The molecule has 1 aromatic carbocycles. The van der Waals surface area contributed by atoms with E-state index in [4.69, 9.17) is 17.3 Å². The molecule has 4 aromatic rings. The number of H-pyrrole nitrogens is 2. The number of carbonyl (C=O) groups is 2. The van der Waals surface area contributed by atoms with Gasteiger partial charge in [0.15, 0.2) is 11.5 Å². The summed E-state index contributed by atoms with van der Waals surface area (Å²) in [5, 5.41) is 14.2. The van der Waals surface area contributed by atoms with Crippen LogP contribution in [0.15, 0.2) is 29.8 Å². The summed E-state index contributed by atoms with van der Waals surface area (Å²) in [6.45, 7) is 1.84. The lowest BCUT2D eigenvalue weighted by molar-refractivity contribution is -0.140. The lowest BCUT2D eigenvalue weighted by Gasteiger charge is -2.33. The number of hydrogen-bond donors (Lipinski definition) is 5. The largest absolute Gasteiger partial charge is 0.435 e. The topological polar surface area (TPSA) is 154 Å². The fourth-order valence-corrected chi connectivity index (χ4v) is 5.30. The van der Waals surface area contributed by atoms with E-state index in [1.165, 1.54) is 11.3 Å². The number of alkyl halides is 3. The molecule has 0 aliphatic heterocycles. The molecule has 1 aliphatic rings. The second-order valence-electron chi connectivity index (χ2n) is 9.50. The second-order valence-corrected chi connectivity index (χ2v) is 11.0. The molecule has 3 aromatic heterocycles. The molecule has 2 amide bonds. The van der Waals surface area contributed by atoms with Crippen LogP contribution in [0.1, 0.15) is 61.5 Å². The van der Waals surface area contributed by atoms with Crippen LogP contribution in [0.4, 0.5) is 13.2 Å². The Morgan fingerprint density at radius 1 is 1.25 bits per heavy atom. The molecule has 0 radical (unpaired) electrons. The summed E-state index contributed by atoms with van der Waals surface area (Å²) < 4.78 is 41.2. The number of aryl methyl sites for hydroxylation is 1. The van der Waals surface area contributed by atoms with E-state index in [1.54, 1.807) is 30.5 Å². The number of carbonyl (C=O) groups excluding carboxylic acids is 2. The van der Waals surface area contributed by atoms with Crippen molar-refractivity contribution in [3.63, 3.8) is 0 Å². The molecular weight excluding hydrogens is 569 g/mol. The first kappa shape index (κ1) is 27.8. The first-order valence-electron chi connectivity index (χ1n) is 12.2. The zero-order valence-corrected chi connectivity index (χ0v) is 22.6. The molecule has 10 nitrogen and oxygen atoms in total. The van der Waals surface area contributed by atoms with Gasteiger partial charge in [-0.15, -0.1) is 11.3 Å². The lowest BCUT2D eigenvalue weighted by atomic mass is 9.87. The summed E-state index contributed by atoms with van der Waals surface area (Å²) in [7, 11) is 0. The van der Waals surface area contributed by atoms with Gasteiger partial charge in [-0.05, 0) is 37.5 Å². The van der Waals surface area contributed by atoms with Crippen LogP contribution in [0.25, 0.3) is 11.3 Å². The van der Waals surface area contributed by atoms with Gasteiger partial charge in [0.25, 0.3) is 11.8 Å². The highest BCUT2D eigenvalue weighted by Gasteiger charge is 2.39. The van der Waals surface area contributed by atoms with E-state index in [9.17, 15) is 22.8 Å². The van der Waals surface area contributed by atoms with Crippen molar-refractivity contribution < 1.29 is 22.8 Å². The van der Waals surface area contributed by atoms with Crippen LogP contribution >= 0.6 is 22.9 Å². The molecule has 15 heteroatoms. The lowest BCUT2D eigenvalue weighted by Crippen LogP contribution is -2.50. The van der Waals surface area contributed by atoms with Gasteiger partial charge in [-0.2, -0.15) is 18.3 Å². The smallest absolute Gasteiger partial charge is 0.349 e. The van der Waals surface area contributed by atoms with Crippen LogP contribution < -0.4 is 16.4 Å². The summed E-state index contributed by atoms with van der Waals surface area (Å²) in [5.41, 5.74) is 6.08. The molecule has 3 heterocycles. The van der Waals surface area contributed by atoms with Crippen molar-refractivity contribution in [3.05, 3.63) is 73.8 Å². The quantitative estimate of drug-likeness (QED) is 0.208. The van der Waals surface area contributed by atoms with Gasteiger partial charge in [0.05, 0.1) is 44.4 Å². The van der Waals surface area contributed by atoms with Gasteiger partial charge in [0.2, 0.25) is 0 Å².